The second-order valence-electron chi connectivity index (χ2n) is 2.29. The van der Waals surface area contributed by atoms with E-state index >= 15 is 0 Å². The molecule has 62 valence electrons. The fourth-order valence-electron chi connectivity index (χ4n) is 0.553. The molecule has 10 heavy (non-hydrogen) atoms. The lowest BCUT2D eigenvalue weighted by Gasteiger charge is -2.13. The van der Waals surface area contributed by atoms with Gasteiger partial charge in [-0.3, -0.25) is 4.55 Å². The van der Waals surface area contributed by atoms with E-state index < -0.39 is 21.4 Å². The third-order valence-corrected chi connectivity index (χ3v) is 2.83. The van der Waals surface area contributed by atoms with Crippen LogP contribution in [0.2, 0.25) is 0 Å². The Labute approximate surface area is 61.2 Å². The molecule has 0 spiro atoms. The van der Waals surface area contributed by atoms with Gasteiger partial charge >= 0.3 is 0 Å². The van der Waals surface area contributed by atoms with Gasteiger partial charge in [-0.05, 0) is 13.3 Å². The topological polar surface area (TPSA) is 80.4 Å². The summed E-state index contributed by atoms with van der Waals surface area (Å²) >= 11 is 0. The van der Waals surface area contributed by atoms with Crippen LogP contribution in [0.4, 0.5) is 0 Å². The van der Waals surface area contributed by atoms with Crippen molar-refractivity contribution >= 4 is 10.1 Å². The summed E-state index contributed by atoms with van der Waals surface area (Å²) in [4.78, 5) is 0. The molecule has 0 aromatic rings. The number of hydrogen-bond acceptors (Lipinski definition) is 3. The number of nitrogens with two attached hydrogens (primary N) is 1. The minimum atomic E-state index is -3.94. The minimum absolute atomic E-state index is 0.477. The molecule has 0 saturated carbocycles. The second kappa shape index (κ2) is 3.32. The Kier molecular flexibility index (Phi) is 3.27. The van der Waals surface area contributed by atoms with Crippen LogP contribution >= 0.6 is 0 Å². The maximum atomic E-state index is 10.4. The van der Waals surface area contributed by atoms with Crippen LogP contribution in [0.1, 0.15) is 20.3 Å². The average molecular weight is 167 g/mol. The molecule has 0 radical (unpaired) electrons. The Morgan fingerprint density at radius 3 is 2.10 bits per heavy atom. The van der Waals surface area contributed by atoms with Crippen molar-refractivity contribution in [3.05, 3.63) is 0 Å². The predicted molar refractivity (Wildman–Crippen MR) is 39.3 cm³/mol. The van der Waals surface area contributed by atoms with Gasteiger partial charge in [0.1, 0.15) is 0 Å². The van der Waals surface area contributed by atoms with E-state index in [1.54, 1.807) is 6.92 Å². The maximum absolute atomic E-state index is 10.4. The van der Waals surface area contributed by atoms with Gasteiger partial charge in [-0.1, -0.05) is 6.92 Å². The van der Waals surface area contributed by atoms with Crippen molar-refractivity contribution in [2.24, 2.45) is 5.73 Å². The van der Waals surface area contributed by atoms with Gasteiger partial charge in [0.25, 0.3) is 10.1 Å². The van der Waals surface area contributed by atoms with Gasteiger partial charge in [-0.15, -0.1) is 0 Å². The molecule has 0 amide bonds. The minimum Gasteiger partial charge on any atom is -0.326 e. The van der Waals surface area contributed by atoms with E-state index in [9.17, 15) is 8.42 Å². The highest BCUT2D eigenvalue weighted by molar-refractivity contribution is 7.86. The molecule has 0 aliphatic rings. The summed E-state index contributed by atoms with van der Waals surface area (Å²) in [5.41, 5.74) is 5.36. The van der Waals surface area contributed by atoms with Crippen LogP contribution in [-0.4, -0.2) is 24.3 Å². The fourth-order valence-corrected chi connectivity index (χ4v) is 1.19. The molecule has 0 aliphatic heterocycles. The second-order valence-corrected chi connectivity index (χ2v) is 4.07. The molecule has 0 fully saturated rings. The standard InChI is InChI=1S/C5H13NO3S/c1-3-5(6)4(2)10(7,8)9/h4-5H,3,6H2,1-2H3,(H,7,8,9). The zero-order valence-corrected chi connectivity index (χ0v) is 6.93. The van der Waals surface area contributed by atoms with Crippen molar-refractivity contribution in [3.63, 3.8) is 0 Å². The zero-order chi connectivity index (χ0) is 8.36. The van der Waals surface area contributed by atoms with E-state index in [2.05, 4.69) is 0 Å². The highest BCUT2D eigenvalue weighted by Crippen LogP contribution is 2.03. The molecule has 2 unspecified atom stereocenters. The first-order valence-corrected chi connectivity index (χ1v) is 4.61. The first-order chi connectivity index (χ1) is 4.39. The molecular weight excluding hydrogens is 154 g/mol. The highest BCUT2D eigenvalue weighted by Gasteiger charge is 2.22. The van der Waals surface area contributed by atoms with Crippen molar-refractivity contribution < 1.29 is 13.0 Å². The largest absolute Gasteiger partial charge is 0.326 e. The van der Waals surface area contributed by atoms with Crippen LogP contribution in [0.3, 0.4) is 0 Å². The van der Waals surface area contributed by atoms with Crippen molar-refractivity contribution in [2.75, 3.05) is 0 Å². The maximum Gasteiger partial charge on any atom is 0.269 e. The lowest BCUT2D eigenvalue weighted by molar-refractivity contribution is 0.454. The highest BCUT2D eigenvalue weighted by atomic mass is 32.2. The van der Waals surface area contributed by atoms with E-state index in [1.165, 1.54) is 6.92 Å². The summed E-state index contributed by atoms with van der Waals surface area (Å²) in [5.74, 6) is 0. The third kappa shape index (κ3) is 2.64. The van der Waals surface area contributed by atoms with Crippen LogP contribution in [0, 0.1) is 0 Å². The molecule has 0 aromatic heterocycles. The Hall–Kier alpha value is -0.130. The van der Waals surface area contributed by atoms with Crippen molar-refractivity contribution in [1.82, 2.24) is 0 Å². The molecule has 4 nitrogen and oxygen atoms in total. The van der Waals surface area contributed by atoms with Gasteiger partial charge in [0.2, 0.25) is 0 Å². The van der Waals surface area contributed by atoms with Crippen molar-refractivity contribution in [2.45, 2.75) is 31.6 Å². The van der Waals surface area contributed by atoms with E-state index in [-0.39, 0.29) is 0 Å². The molecule has 0 aliphatic carbocycles. The molecule has 0 heterocycles. The molecule has 0 rings (SSSR count). The summed E-state index contributed by atoms with van der Waals surface area (Å²) < 4.78 is 29.3. The summed E-state index contributed by atoms with van der Waals surface area (Å²) in [6.07, 6.45) is 0.543. The van der Waals surface area contributed by atoms with Crippen LogP contribution < -0.4 is 5.73 Å². The van der Waals surface area contributed by atoms with Gasteiger partial charge < -0.3 is 5.73 Å². The fraction of sp³-hybridized carbons (Fsp3) is 1.00. The summed E-state index contributed by atoms with van der Waals surface area (Å²) in [5, 5.41) is -0.863. The molecule has 0 aromatic carbocycles. The lowest BCUT2D eigenvalue weighted by atomic mass is 10.2. The summed E-state index contributed by atoms with van der Waals surface area (Å²) in [6, 6.07) is -0.477. The zero-order valence-electron chi connectivity index (χ0n) is 6.11. The van der Waals surface area contributed by atoms with Gasteiger partial charge in [-0.2, -0.15) is 8.42 Å². The van der Waals surface area contributed by atoms with Gasteiger partial charge in [0.05, 0.1) is 5.25 Å². The quantitative estimate of drug-likeness (QED) is 0.580. The first kappa shape index (κ1) is 9.87. The molecule has 2 atom stereocenters. The number of rotatable bonds is 3. The molecular formula is C5H13NO3S. The Bertz CT molecular complexity index is 187. The first-order valence-electron chi connectivity index (χ1n) is 3.11. The van der Waals surface area contributed by atoms with E-state index in [4.69, 9.17) is 10.3 Å². The predicted octanol–water partition coefficient (Wildman–Crippen LogP) is -0.0000000000000000555. The third-order valence-electron chi connectivity index (χ3n) is 1.54. The van der Waals surface area contributed by atoms with Crippen molar-refractivity contribution in [3.8, 4) is 0 Å². The van der Waals surface area contributed by atoms with Gasteiger partial charge in [-0.25, -0.2) is 0 Å². The SMILES string of the molecule is CCC(N)C(C)S(=O)(=O)O. The van der Waals surface area contributed by atoms with E-state index in [1.807, 2.05) is 0 Å². The normalized spacial score (nSPS) is 18.4. The number of hydrogen-bond donors (Lipinski definition) is 2. The smallest absolute Gasteiger partial charge is 0.269 e. The average Bonchev–Trinajstić information content (AvgIpc) is 1.83. The molecule has 3 N–H and O–H groups in total. The lowest BCUT2D eigenvalue weighted by Crippen LogP contribution is -2.37. The Morgan fingerprint density at radius 1 is 1.60 bits per heavy atom. The van der Waals surface area contributed by atoms with Gasteiger partial charge in [0.15, 0.2) is 0 Å². The summed E-state index contributed by atoms with van der Waals surface area (Å²) in [6.45, 7) is 3.16. The van der Waals surface area contributed by atoms with Crippen molar-refractivity contribution in [1.29, 1.82) is 0 Å². The monoisotopic (exact) mass is 167 g/mol. The van der Waals surface area contributed by atoms with Crippen LogP contribution in [0.5, 0.6) is 0 Å². The van der Waals surface area contributed by atoms with Crippen LogP contribution in [0.25, 0.3) is 0 Å². The van der Waals surface area contributed by atoms with Crippen LogP contribution in [0.15, 0.2) is 0 Å². The van der Waals surface area contributed by atoms with E-state index in [0.29, 0.717) is 6.42 Å². The molecule has 0 bridgehead atoms. The molecule has 5 heteroatoms. The Morgan fingerprint density at radius 2 is 2.00 bits per heavy atom. The van der Waals surface area contributed by atoms with Gasteiger partial charge in [0, 0.05) is 6.04 Å². The summed E-state index contributed by atoms with van der Waals surface area (Å²) in [7, 11) is -3.94. The van der Waals surface area contributed by atoms with E-state index in [0.717, 1.165) is 0 Å². The van der Waals surface area contributed by atoms with Crippen LogP contribution in [-0.2, 0) is 10.1 Å². The Balaban J connectivity index is 4.23. The molecule has 0 saturated heterocycles.